The minimum Gasteiger partial charge on any atom is -0.495 e. The van der Waals surface area contributed by atoms with Gasteiger partial charge in [-0.25, -0.2) is 5.43 Å². The fourth-order valence-electron chi connectivity index (χ4n) is 2.91. The summed E-state index contributed by atoms with van der Waals surface area (Å²) in [6.45, 7) is 3.15. The van der Waals surface area contributed by atoms with Crippen LogP contribution in [-0.2, 0) is 9.53 Å². The van der Waals surface area contributed by atoms with Gasteiger partial charge in [0, 0.05) is 12.2 Å². The van der Waals surface area contributed by atoms with Crippen LogP contribution in [0.1, 0.15) is 24.2 Å². The molecule has 160 valence electrons. The Balaban J connectivity index is 1.74. The highest BCUT2D eigenvalue weighted by atomic mass is 79.9. The largest absolute Gasteiger partial charge is 0.495 e. The Morgan fingerprint density at radius 3 is 2.47 bits per heavy atom. The van der Waals surface area contributed by atoms with E-state index in [9.17, 15) is 4.79 Å². The van der Waals surface area contributed by atoms with E-state index in [1.54, 1.807) is 44.6 Å². The van der Waals surface area contributed by atoms with Crippen molar-refractivity contribution < 1.29 is 28.5 Å². The summed E-state index contributed by atoms with van der Waals surface area (Å²) in [5, 5.41) is 4.05. The van der Waals surface area contributed by atoms with E-state index in [0.29, 0.717) is 58.4 Å². The number of ether oxygens (including phenoxy) is 5. The lowest BCUT2D eigenvalue weighted by atomic mass is 10.1. The molecule has 1 N–H and O–H groups in total. The number of hydrogen-bond donors (Lipinski definition) is 1. The van der Waals surface area contributed by atoms with E-state index >= 15 is 0 Å². The zero-order valence-electron chi connectivity index (χ0n) is 16.9. The first-order chi connectivity index (χ1) is 14.6. The molecule has 1 heterocycles. The van der Waals surface area contributed by atoms with E-state index in [2.05, 4.69) is 26.5 Å². The van der Waals surface area contributed by atoms with Gasteiger partial charge in [0.2, 0.25) is 0 Å². The third-order valence-electron chi connectivity index (χ3n) is 4.30. The molecule has 1 amide bonds. The monoisotopic (exact) mass is 478 g/mol. The molecule has 0 fully saturated rings. The number of benzene rings is 2. The summed E-state index contributed by atoms with van der Waals surface area (Å²) in [6, 6.07) is 8.84. The molecule has 0 aliphatic carbocycles. The smallest absolute Gasteiger partial charge is 0.273 e. The first-order valence-corrected chi connectivity index (χ1v) is 10.1. The van der Waals surface area contributed by atoms with E-state index in [0.717, 1.165) is 0 Å². The standard InChI is InChI=1S/C21H23BrN2O6/c1-4-28-20(14-5-6-15-16(11-14)30-8-7-29-15)21(25)24-23-12-13-9-17(26-2)19(22)18(10-13)27-3/h5-6,9-12,20H,4,7-8H2,1-3H3,(H,24,25)/b23-12+. The van der Waals surface area contributed by atoms with Crippen molar-refractivity contribution >= 4 is 28.1 Å². The molecule has 1 atom stereocenters. The number of carbonyl (C=O) groups excluding carboxylic acids is 1. The van der Waals surface area contributed by atoms with Gasteiger partial charge in [0.15, 0.2) is 17.6 Å². The average Bonchev–Trinajstić information content (AvgIpc) is 2.77. The van der Waals surface area contributed by atoms with Gasteiger partial charge in [0.25, 0.3) is 5.91 Å². The number of nitrogens with one attached hydrogen (secondary N) is 1. The summed E-state index contributed by atoms with van der Waals surface area (Å²) in [7, 11) is 3.12. The van der Waals surface area contributed by atoms with Gasteiger partial charge in [-0.3, -0.25) is 4.79 Å². The first-order valence-electron chi connectivity index (χ1n) is 9.33. The number of rotatable bonds is 8. The summed E-state index contributed by atoms with van der Waals surface area (Å²) in [5.74, 6) is 2.02. The van der Waals surface area contributed by atoms with Gasteiger partial charge < -0.3 is 23.7 Å². The van der Waals surface area contributed by atoms with Gasteiger partial charge in [-0.15, -0.1) is 0 Å². The van der Waals surface area contributed by atoms with Crippen LogP contribution in [0.3, 0.4) is 0 Å². The topological polar surface area (TPSA) is 87.6 Å². The minimum absolute atomic E-state index is 0.358. The SMILES string of the molecule is CCOC(C(=O)N/N=C/c1cc(OC)c(Br)c(OC)c1)c1ccc2c(c1)OCCO2. The fraction of sp³-hybridized carbons (Fsp3) is 0.333. The summed E-state index contributed by atoms with van der Waals surface area (Å²) in [4.78, 5) is 12.7. The van der Waals surface area contributed by atoms with Crippen LogP contribution >= 0.6 is 15.9 Å². The number of carbonyl (C=O) groups is 1. The molecular formula is C21H23BrN2O6. The second-order valence-corrected chi connectivity index (χ2v) is 7.01. The Morgan fingerprint density at radius 2 is 1.83 bits per heavy atom. The Kier molecular flexibility index (Phi) is 7.53. The molecule has 0 radical (unpaired) electrons. The normalized spacial score (nSPS) is 13.7. The van der Waals surface area contributed by atoms with Crippen LogP contribution in [0.2, 0.25) is 0 Å². The van der Waals surface area contributed by atoms with Gasteiger partial charge in [-0.2, -0.15) is 5.10 Å². The van der Waals surface area contributed by atoms with Crippen molar-refractivity contribution in [3.63, 3.8) is 0 Å². The van der Waals surface area contributed by atoms with E-state index in [1.165, 1.54) is 6.21 Å². The lowest BCUT2D eigenvalue weighted by Gasteiger charge is -2.21. The number of hydrazone groups is 1. The highest BCUT2D eigenvalue weighted by Gasteiger charge is 2.23. The molecule has 1 aliphatic rings. The van der Waals surface area contributed by atoms with Crippen molar-refractivity contribution in [3.8, 4) is 23.0 Å². The average molecular weight is 479 g/mol. The molecule has 9 heteroatoms. The molecule has 2 aromatic rings. The maximum Gasteiger partial charge on any atom is 0.273 e. The van der Waals surface area contributed by atoms with E-state index in [-0.39, 0.29) is 0 Å². The predicted molar refractivity (Wildman–Crippen MR) is 115 cm³/mol. The lowest BCUT2D eigenvalue weighted by molar-refractivity contribution is -0.133. The van der Waals surface area contributed by atoms with Crippen LogP contribution in [0, 0.1) is 0 Å². The minimum atomic E-state index is -0.836. The highest BCUT2D eigenvalue weighted by Crippen LogP contribution is 2.35. The fourth-order valence-corrected chi connectivity index (χ4v) is 3.46. The number of methoxy groups -OCH3 is 2. The molecule has 2 aromatic carbocycles. The van der Waals surface area contributed by atoms with Crippen LogP contribution in [0.25, 0.3) is 0 Å². The van der Waals surface area contributed by atoms with Crippen molar-refractivity contribution in [2.24, 2.45) is 5.10 Å². The molecule has 0 saturated heterocycles. The molecular weight excluding hydrogens is 456 g/mol. The number of nitrogens with zero attached hydrogens (tertiary/aromatic N) is 1. The van der Waals surface area contributed by atoms with Crippen LogP contribution in [0.15, 0.2) is 39.9 Å². The second kappa shape index (κ2) is 10.3. The molecule has 0 saturated carbocycles. The number of amides is 1. The van der Waals surface area contributed by atoms with Gasteiger partial charge in [0.1, 0.15) is 29.2 Å². The second-order valence-electron chi connectivity index (χ2n) is 6.21. The molecule has 1 unspecified atom stereocenters. The predicted octanol–water partition coefficient (Wildman–Crippen LogP) is 3.47. The van der Waals surface area contributed by atoms with E-state index in [1.807, 2.05) is 6.92 Å². The van der Waals surface area contributed by atoms with Crippen molar-refractivity contribution in [1.82, 2.24) is 5.43 Å². The summed E-state index contributed by atoms with van der Waals surface area (Å²) in [6.07, 6.45) is 0.666. The third-order valence-corrected chi connectivity index (χ3v) is 5.08. The van der Waals surface area contributed by atoms with Crippen LogP contribution < -0.4 is 24.4 Å². The van der Waals surface area contributed by atoms with Crippen molar-refractivity contribution in [3.05, 3.63) is 45.9 Å². The summed E-state index contributed by atoms with van der Waals surface area (Å²) in [5.41, 5.74) is 3.87. The summed E-state index contributed by atoms with van der Waals surface area (Å²) < 4.78 is 28.1. The third kappa shape index (κ3) is 5.03. The van der Waals surface area contributed by atoms with Crippen molar-refractivity contribution in [1.29, 1.82) is 0 Å². The Bertz CT molecular complexity index is 909. The quantitative estimate of drug-likeness (QED) is 0.461. The van der Waals surface area contributed by atoms with E-state index < -0.39 is 12.0 Å². The van der Waals surface area contributed by atoms with Crippen LogP contribution in [-0.4, -0.2) is 46.2 Å². The lowest BCUT2D eigenvalue weighted by Crippen LogP contribution is -2.27. The highest BCUT2D eigenvalue weighted by molar-refractivity contribution is 9.10. The van der Waals surface area contributed by atoms with Crippen LogP contribution in [0.4, 0.5) is 0 Å². The number of halogens is 1. The number of hydrogen-bond acceptors (Lipinski definition) is 7. The molecule has 0 bridgehead atoms. The van der Waals surface area contributed by atoms with Crippen LogP contribution in [0.5, 0.6) is 23.0 Å². The van der Waals surface area contributed by atoms with Gasteiger partial charge >= 0.3 is 0 Å². The van der Waals surface area contributed by atoms with Crippen molar-refractivity contribution in [2.45, 2.75) is 13.0 Å². The molecule has 1 aliphatic heterocycles. The molecule has 0 spiro atoms. The zero-order chi connectivity index (χ0) is 21.5. The first kappa shape index (κ1) is 21.9. The Labute approximate surface area is 183 Å². The molecule has 30 heavy (non-hydrogen) atoms. The Morgan fingerprint density at radius 1 is 1.17 bits per heavy atom. The molecule has 8 nitrogen and oxygen atoms in total. The van der Waals surface area contributed by atoms with Gasteiger partial charge in [0.05, 0.1) is 20.4 Å². The molecule has 3 rings (SSSR count). The van der Waals surface area contributed by atoms with E-state index in [4.69, 9.17) is 23.7 Å². The van der Waals surface area contributed by atoms with Gasteiger partial charge in [-0.05, 0) is 52.7 Å². The molecule has 0 aromatic heterocycles. The van der Waals surface area contributed by atoms with Gasteiger partial charge in [-0.1, -0.05) is 6.07 Å². The number of fused-ring (bicyclic) bond motifs is 1. The zero-order valence-corrected chi connectivity index (χ0v) is 18.5. The summed E-state index contributed by atoms with van der Waals surface area (Å²) >= 11 is 3.42. The maximum atomic E-state index is 12.7. The maximum absolute atomic E-state index is 12.7. The Hall–Kier alpha value is -2.78. The van der Waals surface area contributed by atoms with Crippen molar-refractivity contribution in [2.75, 3.05) is 34.0 Å².